The van der Waals surface area contributed by atoms with Gasteiger partial charge in [0.1, 0.15) is 11.4 Å². The Kier molecular flexibility index (Phi) is 5.96. The van der Waals surface area contributed by atoms with Gasteiger partial charge in [-0.2, -0.15) is 5.10 Å². The third-order valence-corrected chi connectivity index (χ3v) is 4.04. The summed E-state index contributed by atoms with van der Waals surface area (Å²) in [6.07, 6.45) is 4.59. The number of ether oxygens (including phenoxy) is 1. The second-order valence-electron chi connectivity index (χ2n) is 6.20. The van der Waals surface area contributed by atoms with Crippen molar-refractivity contribution in [2.75, 3.05) is 26.1 Å². The number of carbonyl (C=O) groups excluding carboxylic acids is 1. The number of hydrazone groups is 1. The van der Waals surface area contributed by atoms with Gasteiger partial charge in [0.25, 0.3) is 5.91 Å². The Labute approximate surface area is 163 Å². The number of amides is 1. The Morgan fingerprint density at radius 3 is 2.43 bits per heavy atom. The van der Waals surface area contributed by atoms with Crippen molar-refractivity contribution in [3.8, 4) is 17.0 Å². The summed E-state index contributed by atoms with van der Waals surface area (Å²) in [6, 6.07) is 15.2. The maximum absolute atomic E-state index is 12.3. The molecule has 0 atom stereocenters. The predicted molar refractivity (Wildman–Crippen MR) is 110 cm³/mol. The Morgan fingerprint density at radius 1 is 1.07 bits per heavy atom. The van der Waals surface area contributed by atoms with Gasteiger partial charge in [-0.15, -0.1) is 0 Å². The van der Waals surface area contributed by atoms with Gasteiger partial charge in [0, 0.05) is 25.3 Å². The van der Waals surface area contributed by atoms with E-state index in [4.69, 9.17) is 4.74 Å². The fourth-order valence-electron chi connectivity index (χ4n) is 2.46. The second-order valence-corrected chi connectivity index (χ2v) is 6.20. The molecule has 142 valence electrons. The summed E-state index contributed by atoms with van der Waals surface area (Å²) in [5, 5.41) is 4.00. The summed E-state index contributed by atoms with van der Waals surface area (Å²) in [6.45, 7) is 0. The van der Waals surface area contributed by atoms with E-state index in [0.29, 0.717) is 5.69 Å². The van der Waals surface area contributed by atoms with Crippen molar-refractivity contribution in [2.45, 2.75) is 0 Å². The molecule has 7 heteroatoms. The van der Waals surface area contributed by atoms with Crippen LogP contribution in [0.5, 0.6) is 5.75 Å². The Hall–Kier alpha value is -3.74. The van der Waals surface area contributed by atoms with Gasteiger partial charge in [0.15, 0.2) is 0 Å². The van der Waals surface area contributed by atoms with E-state index in [0.717, 1.165) is 22.6 Å². The molecule has 0 saturated carbocycles. The van der Waals surface area contributed by atoms with E-state index in [1.807, 2.05) is 67.5 Å². The monoisotopic (exact) mass is 375 g/mol. The largest absolute Gasteiger partial charge is 0.497 e. The van der Waals surface area contributed by atoms with Crippen molar-refractivity contribution < 1.29 is 9.53 Å². The third kappa shape index (κ3) is 4.70. The van der Waals surface area contributed by atoms with Crippen molar-refractivity contribution >= 4 is 17.8 Å². The molecule has 2 aromatic carbocycles. The highest BCUT2D eigenvalue weighted by Crippen LogP contribution is 2.20. The molecule has 7 nitrogen and oxygen atoms in total. The molecular formula is C21H21N5O2. The van der Waals surface area contributed by atoms with Crippen LogP contribution in [0.1, 0.15) is 16.1 Å². The van der Waals surface area contributed by atoms with Gasteiger partial charge >= 0.3 is 0 Å². The lowest BCUT2D eigenvalue weighted by atomic mass is 10.1. The molecule has 3 rings (SSSR count). The molecule has 0 bridgehead atoms. The fraction of sp³-hybridized carbons (Fsp3) is 0.143. The van der Waals surface area contributed by atoms with E-state index in [1.165, 1.54) is 6.20 Å². The van der Waals surface area contributed by atoms with Crippen LogP contribution in [0.3, 0.4) is 0 Å². The number of aromatic nitrogens is 2. The van der Waals surface area contributed by atoms with Gasteiger partial charge in [0.2, 0.25) is 0 Å². The Morgan fingerprint density at radius 2 is 1.79 bits per heavy atom. The first kappa shape index (κ1) is 19.0. The minimum atomic E-state index is -0.427. The number of nitrogens with zero attached hydrogens (tertiary/aromatic N) is 4. The molecule has 0 fully saturated rings. The average molecular weight is 375 g/mol. The SMILES string of the molecule is COc1ccc(-c2cncc(C(=O)N/N=C/c3ccc(N(C)C)cc3)n2)cc1. The highest BCUT2D eigenvalue weighted by molar-refractivity contribution is 5.93. The standard InChI is InChI=1S/C21H21N5O2/c1-26(2)17-8-4-15(5-9-17)12-23-25-21(27)20-14-22-13-19(24-20)16-6-10-18(28-3)11-7-16/h4-14H,1-3H3,(H,25,27)/b23-12+. The van der Waals surface area contributed by atoms with Gasteiger partial charge in [-0.3, -0.25) is 9.78 Å². The lowest BCUT2D eigenvalue weighted by Crippen LogP contribution is -2.19. The summed E-state index contributed by atoms with van der Waals surface area (Å²) < 4.78 is 5.15. The number of carbonyl (C=O) groups is 1. The first-order chi connectivity index (χ1) is 13.6. The molecule has 0 saturated heterocycles. The number of anilines is 1. The maximum Gasteiger partial charge on any atom is 0.291 e. The number of rotatable bonds is 6. The number of hydrogen-bond acceptors (Lipinski definition) is 6. The van der Waals surface area contributed by atoms with Crippen LogP contribution in [0.15, 0.2) is 66.0 Å². The second kappa shape index (κ2) is 8.77. The summed E-state index contributed by atoms with van der Waals surface area (Å²) in [4.78, 5) is 22.8. The first-order valence-electron chi connectivity index (χ1n) is 8.64. The van der Waals surface area contributed by atoms with Crippen LogP contribution in [0.25, 0.3) is 11.3 Å². The van der Waals surface area contributed by atoms with Gasteiger partial charge in [-0.05, 0) is 42.0 Å². The Balaban J connectivity index is 1.67. The predicted octanol–water partition coefficient (Wildman–Crippen LogP) is 2.98. The zero-order valence-electron chi connectivity index (χ0n) is 16.0. The maximum atomic E-state index is 12.3. The lowest BCUT2D eigenvalue weighted by Gasteiger charge is -2.11. The molecular weight excluding hydrogens is 354 g/mol. The molecule has 1 heterocycles. The van der Waals surface area contributed by atoms with Gasteiger partial charge in [0.05, 0.1) is 31.4 Å². The van der Waals surface area contributed by atoms with Crippen LogP contribution in [-0.2, 0) is 0 Å². The summed E-state index contributed by atoms with van der Waals surface area (Å²) in [5.41, 5.74) is 6.07. The molecule has 0 radical (unpaired) electrons. The van der Waals surface area contributed by atoms with Crippen molar-refractivity contribution in [1.29, 1.82) is 0 Å². The van der Waals surface area contributed by atoms with Crippen molar-refractivity contribution in [2.24, 2.45) is 5.10 Å². The van der Waals surface area contributed by atoms with Gasteiger partial charge < -0.3 is 9.64 Å². The number of nitrogens with one attached hydrogen (secondary N) is 1. The lowest BCUT2D eigenvalue weighted by molar-refractivity contribution is 0.0950. The topological polar surface area (TPSA) is 79.7 Å². The van der Waals surface area contributed by atoms with E-state index in [1.54, 1.807) is 19.5 Å². The summed E-state index contributed by atoms with van der Waals surface area (Å²) in [7, 11) is 5.56. The smallest absolute Gasteiger partial charge is 0.291 e. The van der Waals surface area contributed by atoms with Crippen LogP contribution in [0.4, 0.5) is 5.69 Å². The van der Waals surface area contributed by atoms with Crippen LogP contribution in [-0.4, -0.2) is 43.3 Å². The highest BCUT2D eigenvalue weighted by Gasteiger charge is 2.09. The molecule has 0 aliphatic rings. The zero-order chi connectivity index (χ0) is 19.9. The molecule has 28 heavy (non-hydrogen) atoms. The van der Waals surface area contributed by atoms with Crippen LogP contribution in [0.2, 0.25) is 0 Å². The van der Waals surface area contributed by atoms with Crippen LogP contribution < -0.4 is 15.1 Å². The van der Waals surface area contributed by atoms with E-state index < -0.39 is 5.91 Å². The molecule has 1 N–H and O–H groups in total. The number of hydrogen-bond donors (Lipinski definition) is 1. The van der Waals surface area contributed by atoms with Crippen molar-refractivity contribution in [1.82, 2.24) is 15.4 Å². The number of methoxy groups -OCH3 is 1. The minimum Gasteiger partial charge on any atom is -0.497 e. The molecule has 0 aliphatic heterocycles. The van der Waals surface area contributed by atoms with E-state index in [2.05, 4.69) is 20.5 Å². The van der Waals surface area contributed by atoms with Gasteiger partial charge in [-0.1, -0.05) is 12.1 Å². The number of benzene rings is 2. The van der Waals surface area contributed by atoms with E-state index in [-0.39, 0.29) is 5.69 Å². The quantitative estimate of drug-likeness (QED) is 0.529. The fourth-order valence-corrected chi connectivity index (χ4v) is 2.46. The highest BCUT2D eigenvalue weighted by atomic mass is 16.5. The van der Waals surface area contributed by atoms with Crippen molar-refractivity contribution in [3.05, 3.63) is 72.2 Å². The normalized spacial score (nSPS) is 10.7. The first-order valence-corrected chi connectivity index (χ1v) is 8.64. The minimum absolute atomic E-state index is 0.188. The van der Waals surface area contributed by atoms with E-state index in [9.17, 15) is 4.79 Å². The van der Waals surface area contributed by atoms with Gasteiger partial charge in [-0.25, -0.2) is 10.4 Å². The molecule has 3 aromatic rings. The van der Waals surface area contributed by atoms with Crippen LogP contribution in [0, 0.1) is 0 Å². The Bertz CT molecular complexity index is 967. The van der Waals surface area contributed by atoms with E-state index >= 15 is 0 Å². The molecule has 0 spiro atoms. The van der Waals surface area contributed by atoms with Crippen LogP contribution >= 0.6 is 0 Å². The summed E-state index contributed by atoms with van der Waals surface area (Å²) >= 11 is 0. The zero-order valence-corrected chi connectivity index (χ0v) is 16.0. The van der Waals surface area contributed by atoms with Crippen molar-refractivity contribution in [3.63, 3.8) is 0 Å². The molecule has 1 aromatic heterocycles. The third-order valence-electron chi connectivity index (χ3n) is 4.04. The molecule has 0 unspecified atom stereocenters. The average Bonchev–Trinajstić information content (AvgIpc) is 2.74. The molecule has 1 amide bonds. The molecule has 0 aliphatic carbocycles. The summed E-state index contributed by atoms with van der Waals surface area (Å²) in [5.74, 6) is 0.322.